The third kappa shape index (κ3) is 3.26. The number of rotatable bonds is 2. The van der Waals surface area contributed by atoms with E-state index < -0.39 is 21.9 Å². The predicted molar refractivity (Wildman–Crippen MR) is 87.9 cm³/mol. The van der Waals surface area contributed by atoms with Gasteiger partial charge < -0.3 is 10.0 Å². The van der Waals surface area contributed by atoms with Crippen molar-refractivity contribution in [1.29, 1.82) is 0 Å². The van der Waals surface area contributed by atoms with Gasteiger partial charge in [0.15, 0.2) is 0 Å². The van der Waals surface area contributed by atoms with Crippen molar-refractivity contribution in [2.24, 2.45) is 5.41 Å². The van der Waals surface area contributed by atoms with Gasteiger partial charge in [0.25, 0.3) is 10.2 Å². The first-order chi connectivity index (χ1) is 10.4. The fourth-order valence-corrected chi connectivity index (χ4v) is 4.85. The molecular weight excluding hydrogens is 318 g/mol. The lowest BCUT2D eigenvalue weighted by molar-refractivity contribution is -0.156. The van der Waals surface area contributed by atoms with E-state index in [1.807, 2.05) is 13.8 Å². The van der Waals surface area contributed by atoms with Crippen LogP contribution in [0.2, 0.25) is 0 Å². The average Bonchev–Trinajstić information content (AvgIpc) is 2.43. The van der Waals surface area contributed by atoms with E-state index in [2.05, 4.69) is 0 Å². The van der Waals surface area contributed by atoms with Gasteiger partial charge in [-0.15, -0.1) is 0 Å². The highest BCUT2D eigenvalue weighted by Crippen LogP contribution is 2.45. The fourth-order valence-electron chi connectivity index (χ4n) is 3.75. The largest absolute Gasteiger partial charge is 0.391 e. The lowest BCUT2D eigenvalue weighted by Crippen LogP contribution is -2.65. The molecule has 134 valence electrons. The first-order valence-corrected chi connectivity index (χ1v) is 9.46. The highest BCUT2D eigenvalue weighted by atomic mass is 32.2. The minimum absolute atomic E-state index is 0.0449. The smallest absolute Gasteiger partial charge is 0.281 e. The second kappa shape index (κ2) is 5.98. The van der Waals surface area contributed by atoms with Gasteiger partial charge in [-0.05, 0) is 38.5 Å². The molecular formula is C15H29N3O4S. The van der Waals surface area contributed by atoms with Gasteiger partial charge in [0.2, 0.25) is 5.91 Å². The van der Waals surface area contributed by atoms with E-state index in [1.54, 1.807) is 4.90 Å². The van der Waals surface area contributed by atoms with E-state index in [9.17, 15) is 18.3 Å². The monoisotopic (exact) mass is 347 g/mol. The number of aliphatic hydroxyl groups is 1. The van der Waals surface area contributed by atoms with Crippen molar-refractivity contribution in [2.45, 2.75) is 51.7 Å². The molecule has 0 aromatic heterocycles. The van der Waals surface area contributed by atoms with Gasteiger partial charge in [-0.3, -0.25) is 4.79 Å². The minimum Gasteiger partial charge on any atom is -0.391 e. The van der Waals surface area contributed by atoms with Gasteiger partial charge in [-0.1, -0.05) is 0 Å². The Labute approximate surface area is 139 Å². The van der Waals surface area contributed by atoms with Crippen molar-refractivity contribution >= 4 is 16.1 Å². The molecule has 2 fully saturated rings. The number of likely N-dealkylation sites (tertiary alicyclic amines) is 1. The lowest BCUT2D eigenvalue weighted by atomic mass is 9.67. The SMILES string of the molecule is CC(=O)N1CC2(CCN(S(=O)(=O)N(C)C)CC2)C[C@H](O)C1(C)C. The molecule has 1 amide bonds. The third-order valence-corrected chi connectivity index (χ3v) is 7.52. The van der Waals surface area contributed by atoms with Crippen molar-refractivity contribution in [3.8, 4) is 0 Å². The number of aliphatic hydroxyl groups excluding tert-OH is 1. The second-order valence-electron chi connectivity index (χ2n) is 7.67. The summed E-state index contributed by atoms with van der Waals surface area (Å²) in [5, 5.41) is 10.6. The van der Waals surface area contributed by atoms with E-state index in [4.69, 9.17) is 0 Å². The van der Waals surface area contributed by atoms with Crippen LogP contribution in [0.25, 0.3) is 0 Å². The van der Waals surface area contributed by atoms with Gasteiger partial charge in [0, 0.05) is 40.7 Å². The molecule has 7 nitrogen and oxygen atoms in total. The maximum Gasteiger partial charge on any atom is 0.281 e. The van der Waals surface area contributed by atoms with Crippen molar-refractivity contribution in [3.63, 3.8) is 0 Å². The van der Waals surface area contributed by atoms with Crippen LogP contribution in [0.15, 0.2) is 0 Å². The van der Waals surface area contributed by atoms with Crippen LogP contribution in [-0.2, 0) is 15.0 Å². The number of amides is 1. The Morgan fingerprint density at radius 1 is 1.22 bits per heavy atom. The summed E-state index contributed by atoms with van der Waals surface area (Å²) in [4.78, 5) is 13.7. The maximum absolute atomic E-state index is 12.2. The van der Waals surface area contributed by atoms with Crippen LogP contribution in [0.5, 0.6) is 0 Å². The zero-order valence-corrected chi connectivity index (χ0v) is 15.6. The molecule has 0 aromatic carbocycles. The number of carbonyl (C=O) groups is 1. The molecule has 2 aliphatic heterocycles. The number of hydrogen-bond acceptors (Lipinski definition) is 4. The Hall–Kier alpha value is -0.700. The molecule has 2 heterocycles. The molecule has 2 saturated heterocycles. The number of carbonyl (C=O) groups excluding carboxylic acids is 1. The Kier molecular flexibility index (Phi) is 4.85. The first kappa shape index (κ1) is 18.6. The van der Waals surface area contributed by atoms with Crippen molar-refractivity contribution in [3.05, 3.63) is 0 Å². The Balaban J connectivity index is 2.16. The zero-order chi connectivity index (χ0) is 17.6. The molecule has 0 bridgehead atoms. The molecule has 8 heteroatoms. The van der Waals surface area contributed by atoms with Crippen LogP contribution < -0.4 is 0 Å². The van der Waals surface area contributed by atoms with E-state index in [0.717, 1.165) is 0 Å². The van der Waals surface area contributed by atoms with Gasteiger partial charge in [-0.25, -0.2) is 0 Å². The molecule has 0 unspecified atom stereocenters. The predicted octanol–water partition coefficient (Wildman–Crippen LogP) is 0.267. The van der Waals surface area contributed by atoms with E-state index in [-0.39, 0.29) is 11.3 Å². The summed E-state index contributed by atoms with van der Waals surface area (Å²) in [6.45, 7) is 6.75. The highest BCUT2D eigenvalue weighted by Gasteiger charge is 2.51. The van der Waals surface area contributed by atoms with E-state index in [1.165, 1.54) is 29.6 Å². The van der Waals surface area contributed by atoms with Crippen LogP contribution in [0, 0.1) is 5.41 Å². The van der Waals surface area contributed by atoms with Crippen LogP contribution in [0.3, 0.4) is 0 Å². The Bertz CT molecular complexity index is 565. The van der Waals surface area contributed by atoms with Crippen molar-refractivity contribution < 1.29 is 18.3 Å². The lowest BCUT2D eigenvalue weighted by Gasteiger charge is -2.55. The Morgan fingerprint density at radius 2 is 1.74 bits per heavy atom. The van der Waals surface area contributed by atoms with Crippen molar-refractivity contribution in [2.75, 3.05) is 33.7 Å². The molecule has 2 aliphatic rings. The third-order valence-electron chi connectivity index (χ3n) is 5.58. The molecule has 1 atom stereocenters. The zero-order valence-electron chi connectivity index (χ0n) is 14.7. The molecule has 1 N–H and O–H groups in total. The quantitative estimate of drug-likeness (QED) is 0.777. The summed E-state index contributed by atoms with van der Waals surface area (Å²) in [6, 6.07) is 0. The molecule has 0 aliphatic carbocycles. The average molecular weight is 347 g/mol. The van der Waals surface area contributed by atoms with Crippen molar-refractivity contribution in [1.82, 2.24) is 13.5 Å². The summed E-state index contributed by atoms with van der Waals surface area (Å²) in [7, 11) is -0.334. The Morgan fingerprint density at radius 3 is 2.17 bits per heavy atom. The van der Waals surface area contributed by atoms with Crippen LogP contribution in [0.1, 0.15) is 40.0 Å². The molecule has 1 spiro atoms. The normalized spacial score (nSPS) is 28.3. The molecule has 0 saturated carbocycles. The number of hydrogen-bond donors (Lipinski definition) is 1. The first-order valence-electron chi connectivity index (χ1n) is 8.06. The number of piperidine rings is 2. The maximum atomic E-state index is 12.2. The van der Waals surface area contributed by atoms with Gasteiger partial charge in [0.05, 0.1) is 11.6 Å². The fraction of sp³-hybridized carbons (Fsp3) is 0.933. The van der Waals surface area contributed by atoms with Gasteiger partial charge in [0.1, 0.15) is 0 Å². The number of nitrogens with zero attached hydrogens (tertiary/aromatic N) is 3. The molecule has 0 radical (unpaired) electrons. The summed E-state index contributed by atoms with van der Waals surface area (Å²) >= 11 is 0. The topological polar surface area (TPSA) is 81.2 Å². The van der Waals surface area contributed by atoms with Crippen LogP contribution in [0.4, 0.5) is 0 Å². The summed E-state index contributed by atoms with van der Waals surface area (Å²) in [6.07, 6.45) is 1.34. The van der Waals surface area contributed by atoms with Crippen LogP contribution >= 0.6 is 0 Å². The molecule has 0 aromatic rings. The molecule has 23 heavy (non-hydrogen) atoms. The highest BCUT2D eigenvalue weighted by molar-refractivity contribution is 7.86. The van der Waals surface area contributed by atoms with E-state index in [0.29, 0.717) is 38.9 Å². The summed E-state index contributed by atoms with van der Waals surface area (Å²) < 4.78 is 27.2. The van der Waals surface area contributed by atoms with Gasteiger partial charge >= 0.3 is 0 Å². The minimum atomic E-state index is -3.40. The van der Waals surface area contributed by atoms with Gasteiger partial charge in [-0.2, -0.15) is 17.0 Å². The second-order valence-corrected chi connectivity index (χ2v) is 9.81. The van der Waals surface area contributed by atoms with Crippen LogP contribution in [-0.4, -0.2) is 78.3 Å². The standard InChI is InChI=1S/C15H29N3O4S/c1-12(19)18-11-15(10-13(20)14(18,2)3)6-8-17(9-7-15)23(21,22)16(4)5/h13,20H,6-11H2,1-5H3/t13-/m0/s1. The van der Waals surface area contributed by atoms with E-state index >= 15 is 0 Å². The molecule has 2 rings (SSSR count). The summed E-state index contributed by atoms with van der Waals surface area (Å²) in [5.74, 6) is -0.0449. The summed E-state index contributed by atoms with van der Waals surface area (Å²) in [5.41, 5.74) is -0.775.